The van der Waals surface area contributed by atoms with E-state index in [-0.39, 0.29) is 0 Å². The molecule has 1 nitrogen and oxygen atoms in total. The lowest BCUT2D eigenvalue weighted by Crippen LogP contribution is -2.36. The Morgan fingerprint density at radius 2 is 1.91 bits per heavy atom. The number of likely N-dealkylation sites (tertiary alicyclic amines) is 1. The lowest BCUT2D eigenvalue weighted by molar-refractivity contribution is 0.212. The molecule has 1 saturated heterocycles. The Morgan fingerprint density at radius 3 is 2.36 bits per heavy atom. The maximum atomic E-state index is 2.60. The van der Waals surface area contributed by atoms with E-state index in [0.717, 1.165) is 9.84 Å². The van der Waals surface area contributed by atoms with E-state index >= 15 is 0 Å². The van der Waals surface area contributed by atoms with Crippen LogP contribution in [-0.4, -0.2) is 28.5 Å². The minimum atomic E-state index is 0.834. The highest BCUT2D eigenvalue weighted by Crippen LogP contribution is 2.18. The summed E-state index contributed by atoms with van der Waals surface area (Å²) in [5, 5.41) is 0. The number of alkyl halides is 1. The molecular formula is C9H18IN. The highest BCUT2D eigenvalue weighted by atomic mass is 127. The van der Waals surface area contributed by atoms with E-state index in [1.807, 2.05) is 0 Å². The van der Waals surface area contributed by atoms with E-state index in [4.69, 9.17) is 0 Å². The molecule has 1 aliphatic rings. The average Bonchev–Trinajstić information content (AvgIpc) is 1.93. The molecule has 0 aliphatic carbocycles. The van der Waals surface area contributed by atoms with Crippen LogP contribution in [-0.2, 0) is 0 Å². The van der Waals surface area contributed by atoms with Crippen LogP contribution in [0.2, 0.25) is 0 Å². The van der Waals surface area contributed by atoms with Crippen LogP contribution in [0.5, 0.6) is 0 Å². The van der Waals surface area contributed by atoms with Gasteiger partial charge in [-0.25, -0.2) is 0 Å². The third-order valence-corrected chi connectivity index (χ3v) is 3.39. The molecule has 0 unspecified atom stereocenters. The number of halogens is 1. The summed E-state index contributed by atoms with van der Waals surface area (Å²) in [5.41, 5.74) is 0. The molecule has 66 valence electrons. The fourth-order valence-corrected chi connectivity index (χ4v) is 2.16. The van der Waals surface area contributed by atoms with E-state index in [2.05, 4.69) is 41.3 Å². The maximum Gasteiger partial charge on any atom is 0.0134 e. The van der Waals surface area contributed by atoms with Crippen LogP contribution in [0, 0.1) is 5.92 Å². The Hall–Kier alpha value is 0.690. The average molecular weight is 267 g/mol. The number of nitrogens with zero attached hydrogens (tertiary/aromatic N) is 1. The van der Waals surface area contributed by atoms with Gasteiger partial charge < -0.3 is 4.90 Å². The Labute approximate surface area is 83.7 Å². The monoisotopic (exact) mass is 267 g/mol. The Balaban J connectivity index is 2.17. The van der Waals surface area contributed by atoms with Crippen molar-refractivity contribution in [2.24, 2.45) is 5.92 Å². The third-order valence-electron chi connectivity index (χ3n) is 2.14. The van der Waals surface area contributed by atoms with Gasteiger partial charge in [0.2, 0.25) is 0 Å². The van der Waals surface area contributed by atoms with Crippen molar-refractivity contribution in [2.45, 2.75) is 30.6 Å². The zero-order chi connectivity index (χ0) is 8.27. The minimum absolute atomic E-state index is 0.834. The van der Waals surface area contributed by atoms with Crippen molar-refractivity contribution in [3.8, 4) is 0 Å². The van der Waals surface area contributed by atoms with Crippen molar-refractivity contribution >= 4 is 22.6 Å². The van der Waals surface area contributed by atoms with Gasteiger partial charge in [-0.1, -0.05) is 36.4 Å². The highest BCUT2D eigenvalue weighted by molar-refractivity contribution is 14.1. The van der Waals surface area contributed by atoms with E-state index in [1.54, 1.807) is 0 Å². The summed E-state index contributed by atoms with van der Waals surface area (Å²) in [6.07, 6.45) is 2.79. The molecule has 0 aromatic rings. The molecule has 2 heteroatoms. The lowest BCUT2D eigenvalue weighted by atomic mass is 10.1. The Kier molecular flexibility index (Phi) is 4.13. The predicted molar refractivity (Wildman–Crippen MR) is 58.3 cm³/mol. The molecule has 1 heterocycles. The summed E-state index contributed by atoms with van der Waals surface area (Å²) in [5.74, 6) is 0.834. The summed E-state index contributed by atoms with van der Waals surface area (Å²) in [7, 11) is 0. The maximum absolute atomic E-state index is 2.60. The van der Waals surface area contributed by atoms with E-state index in [0.29, 0.717) is 0 Å². The molecule has 0 N–H and O–H groups in total. The van der Waals surface area contributed by atoms with Crippen LogP contribution in [0.4, 0.5) is 0 Å². The normalized spacial score (nSPS) is 22.9. The smallest absolute Gasteiger partial charge is 0.0134 e. The van der Waals surface area contributed by atoms with Gasteiger partial charge in [-0.2, -0.15) is 0 Å². The van der Waals surface area contributed by atoms with Gasteiger partial charge >= 0.3 is 0 Å². The topological polar surface area (TPSA) is 3.24 Å². The van der Waals surface area contributed by atoms with E-state index < -0.39 is 0 Å². The summed E-state index contributed by atoms with van der Waals surface area (Å²) < 4.78 is 0.941. The molecule has 1 rings (SSSR count). The number of rotatable bonds is 2. The molecule has 0 radical (unpaired) electrons. The quantitative estimate of drug-likeness (QED) is 0.549. The second-order valence-corrected chi connectivity index (χ2v) is 5.63. The third kappa shape index (κ3) is 3.74. The number of hydrogen-bond acceptors (Lipinski definition) is 1. The van der Waals surface area contributed by atoms with Crippen LogP contribution in [0.25, 0.3) is 0 Å². The van der Waals surface area contributed by atoms with Gasteiger partial charge in [-0.3, -0.25) is 0 Å². The molecule has 0 saturated carbocycles. The lowest BCUT2D eigenvalue weighted by Gasteiger charge is -2.30. The van der Waals surface area contributed by atoms with E-state index in [9.17, 15) is 0 Å². The van der Waals surface area contributed by atoms with Gasteiger partial charge in [0.25, 0.3) is 0 Å². The molecule has 0 bridgehead atoms. The molecule has 1 fully saturated rings. The molecule has 11 heavy (non-hydrogen) atoms. The van der Waals surface area contributed by atoms with Crippen LogP contribution in [0.3, 0.4) is 0 Å². The standard InChI is InChI=1S/C9H18IN/c1-8(2)7-11-5-3-9(10)4-6-11/h8-9H,3-7H2,1-2H3. The zero-order valence-corrected chi connectivity index (χ0v) is 9.67. The summed E-state index contributed by atoms with van der Waals surface area (Å²) in [6, 6.07) is 0. The highest BCUT2D eigenvalue weighted by Gasteiger charge is 2.16. The van der Waals surface area contributed by atoms with E-state index in [1.165, 1.54) is 32.5 Å². The van der Waals surface area contributed by atoms with Gasteiger partial charge in [0.05, 0.1) is 0 Å². The van der Waals surface area contributed by atoms with Crippen molar-refractivity contribution in [1.82, 2.24) is 4.90 Å². The molecule has 1 aliphatic heterocycles. The number of hydrogen-bond donors (Lipinski definition) is 0. The first-order chi connectivity index (χ1) is 5.18. The second-order valence-electron chi connectivity index (χ2n) is 3.87. The molecular weight excluding hydrogens is 249 g/mol. The number of piperidine rings is 1. The fraction of sp³-hybridized carbons (Fsp3) is 1.00. The molecule has 0 amide bonds. The summed E-state index contributed by atoms with van der Waals surface area (Å²) >= 11 is 2.57. The van der Waals surface area contributed by atoms with Gasteiger partial charge in [0.1, 0.15) is 0 Å². The minimum Gasteiger partial charge on any atom is -0.303 e. The molecule has 0 atom stereocenters. The van der Waals surface area contributed by atoms with Crippen molar-refractivity contribution in [1.29, 1.82) is 0 Å². The van der Waals surface area contributed by atoms with Gasteiger partial charge in [-0.15, -0.1) is 0 Å². The fourth-order valence-electron chi connectivity index (χ4n) is 1.60. The van der Waals surface area contributed by atoms with Crippen LogP contribution in [0.15, 0.2) is 0 Å². The van der Waals surface area contributed by atoms with Gasteiger partial charge in [0, 0.05) is 10.5 Å². The Morgan fingerprint density at radius 1 is 1.36 bits per heavy atom. The first kappa shape index (κ1) is 9.78. The summed E-state index contributed by atoms with van der Waals surface area (Å²) in [6.45, 7) is 8.55. The molecule has 0 aromatic heterocycles. The zero-order valence-electron chi connectivity index (χ0n) is 7.52. The van der Waals surface area contributed by atoms with Crippen molar-refractivity contribution in [3.05, 3.63) is 0 Å². The summed E-state index contributed by atoms with van der Waals surface area (Å²) in [4.78, 5) is 2.60. The SMILES string of the molecule is CC(C)CN1CCC(I)CC1. The first-order valence-corrected chi connectivity index (χ1v) is 5.79. The van der Waals surface area contributed by atoms with Crippen LogP contribution < -0.4 is 0 Å². The first-order valence-electron chi connectivity index (χ1n) is 4.55. The predicted octanol–water partition coefficient (Wildman–Crippen LogP) is 2.54. The molecule has 0 spiro atoms. The molecule has 0 aromatic carbocycles. The van der Waals surface area contributed by atoms with Gasteiger partial charge in [0.15, 0.2) is 0 Å². The van der Waals surface area contributed by atoms with Crippen molar-refractivity contribution in [2.75, 3.05) is 19.6 Å². The van der Waals surface area contributed by atoms with Crippen LogP contribution in [0.1, 0.15) is 26.7 Å². The second kappa shape index (κ2) is 4.65. The van der Waals surface area contributed by atoms with Gasteiger partial charge in [-0.05, 0) is 31.8 Å². The van der Waals surface area contributed by atoms with Crippen molar-refractivity contribution < 1.29 is 0 Å². The Bertz CT molecular complexity index is 106. The largest absolute Gasteiger partial charge is 0.303 e. The van der Waals surface area contributed by atoms with Crippen LogP contribution >= 0.6 is 22.6 Å². The van der Waals surface area contributed by atoms with Crippen molar-refractivity contribution in [3.63, 3.8) is 0 Å².